The van der Waals surface area contributed by atoms with Crippen LogP contribution in [0.4, 0.5) is 0 Å². The molecule has 0 radical (unpaired) electrons. The van der Waals surface area contributed by atoms with E-state index in [0.717, 1.165) is 21.5 Å². The van der Waals surface area contributed by atoms with Gasteiger partial charge in [0.1, 0.15) is 0 Å². The summed E-state index contributed by atoms with van der Waals surface area (Å²) in [5.74, 6) is 0. The lowest BCUT2D eigenvalue weighted by Gasteiger charge is -2.05. The molecular formula is C14H14BrN3S. The van der Waals surface area contributed by atoms with Crippen molar-refractivity contribution in [2.45, 2.75) is 13.3 Å². The number of imidazole rings is 1. The van der Waals surface area contributed by atoms with Crippen molar-refractivity contribution < 1.29 is 0 Å². The summed E-state index contributed by atoms with van der Waals surface area (Å²) < 4.78 is 3.32. The molecule has 0 aliphatic heterocycles. The Balaban J connectivity index is 2.21. The maximum Gasteiger partial charge on any atom is 0.194 e. The van der Waals surface area contributed by atoms with Crippen molar-refractivity contribution in [2.75, 3.05) is 6.54 Å². The van der Waals surface area contributed by atoms with E-state index in [1.165, 1.54) is 17.0 Å². The van der Waals surface area contributed by atoms with Gasteiger partial charge in [0.2, 0.25) is 0 Å². The van der Waals surface area contributed by atoms with Gasteiger partial charge in [-0.3, -0.25) is 4.40 Å². The first-order chi connectivity index (χ1) is 9.20. The Hall–Kier alpha value is -1.17. The first kappa shape index (κ1) is 12.8. The van der Waals surface area contributed by atoms with Crippen molar-refractivity contribution in [1.82, 2.24) is 9.38 Å². The van der Waals surface area contributed by atoms with Crippen molar-refractivity contribution in [3.8, 4) is 11.3 Å². The van der Waals surface area contributed by atoms with Crippen LogP contribution in [0.25, 0.3) is 16.2 Å². The third kappa shape index (κ3) is 2.22. The van der Waals surface area contributed by atoms with Crippen LogP contribution in [0.15, 0.2) is 34.1 Å². The molecule has 3 aromatic rings. The molecule has 0 aliphatic carbocycles. The third-order valence-electron chi connectivity index (χ3n) is 3.18. The molecule has 0 bridgehead atoms. The van der Waals surface area contributed by atoms with Crippen LogP contribution >= 0.6 is 27.3 Å². The number of aryl methyl sites for hydroxylation is 1. The number of aromatic nitrogens is 2. The highest BCUT2D eigenvalue weighted by Crippen LogP contribution is 2.29. The van der Waals surface area contributed by atoms with Crippen molar-refractivity contribution in [3.63, 3.8) is 0 Å². The minimum Gasteiger partial charge on any atom is -0.330 e. The molecule has 19 heavy (non-hydrogen) atoms. The van der Waals surface area contributed by atoms with Crippen molar-refractivity contribution in [3.05, 3.63) is 45.5 Å². The molecule has 0 amide bonds. The zero-order chi connectivity index (χ0) is 13.4. The molecule has 0 atom stereocenters. The average molecular weight is 336 g/mol. The van der Waals surface area contributed by atoms with Crippen LogP contribution < -0.4 is 5.73 Å². The summed E-state index contributed by atoms with van der Waals surface area (Å²) in [5, 5.41) is 2.16. The van der Waals surface area contributed by atoms with Gasteiger partial charge in [-0.05, 0) is 31.2 Å². The van der Waals surface area contributed by atoms with E-state index < -0.39 is 0 Å². The van der Waals surface area contributed by atoms with Crippen LogP contribution in [0, 0.1) is 6.92 Å². The molecule has 0 aliphatic rings. The lowest BCUT2D eigenvalue weighted by molar-refractivity contribution is 0.899. The Morgan fingerprint density at radius 3 is 2.74 bits per heavy atom. The minimum absolute atomic E-state index is 0.643. The number of fused-ring (bicyclic) bond motifs is 1. The first-order valence-electron chi connectivity index (χ1n) is 6.12. The van der Waals surface area contributed by atoms with Gasteiger partial charge in [-0.2, -0.15) is 0 Å². The van der Waals surface area contributed by atoms with E-state index in [0.29, 0.717) is 6.54 Å². The van der Waals surface area contributed by atoms with Gasteiger partial charge in [0.15, 0.2) is 4.96 Å². The highest BCUT2D eigenvalue weighted by Gasteiger charge is 2.14. The largest absolute Gasteiger partial charge is 0.330 e. The molecule has 2 heterocycles. The zero-order valence-electron chi connectivity index (χ0n) is 10.6. The van der Waals surface area contributed by atoms with Gasteiger partial charge in [0.25, 0.3) is 0 Å². The van der Waals surface area contributed by atoms with E-state index in [1.807, 2.05) is 0 Å². The highest BCUT2D eigenvalue weighted by atomic mass is 79.9. The van der Waals surface area contributed by atoms with Crippen LogP contribution in [-0.4, -0.2) is 15.9 Å². The van der Waals surface area contributed by atoms with Crippen molar-refractivity contribution in [2.24, 2.45) is 5.73 Å². The molecule has 2 N–H and O–H groups in total. The van der Waals surface area contributed by atoms with Gasteiger partial charge in [-0.25, -0.2) is 4.98 Å². The smallest absolute Gasteiger partial charge is 0.194 e. The maximum atomic E-state index is 5.71. The van der Waals surface area contributed by atoms with Gasteiger partial charge < -0.3 is 5.73 Å². The summed E-state index contributed by atoms with van der Waals surface area (Å²) >= 11 is 5.14. The number of nitrogens with two attached hydrogens (primary N) is 1. The maximum absolute atomic E-state index is 5.71. The van der Waals surface area contributed by atoms with Crippen molar-refractivity contribution >= 4 is 32.2 Å². The lowest BCUT2D eigenvalue weighted by Crippen LogP contribution is -2.06. The number of benzene rings is 1. The molecule has 0 saturated carbocycles. The molecule has 1 aromatic carbocycles. The summed E-state index contributed by atoms with van der Waals surface area (Å²) in [5.41, 5.74) is 10.4. The predicted molar refractivity (Wildman–Crippen MR) is 83.7 cm³/mol. The van der Waals surface area contributed by atoms with E-state index in [1.54, 1.807) is 11.3 Å². The van der Waals surface area contributed by atoms with Gasteiger partial charge in [-0.15, -0.1) is 11.3 Å². The second-order valence-corrected chi connectivity index (χ2v) is 6.18. The van der Waals surface area contributed by atoms with E-state index in [9.17, 15) is 0 Å². The molecule has 3 nitrogen and oxygen atoms in total. The van der Waals surface area contributed by atoms with Crippen LogP contribution in [0.5, 0.6) is 0 Å². The summed E-state index contributed by atoms with van der Waals surface area (Å²) in [6.45, 7) is 2.69. The lowest BCUT2D eigenvalue weighted by atomic mass is 10.1. The fourth-order valence-corrected chi connectivity index (χ4v) is 3.50. The van der Waals surface area contributed by atoms with Gasteiger partial charge >= 0.3 is 0 Å². The normalized spacial score (nSPS) is 11.3. The predicted octanol–water partition coefficient (Wildman–Crippen LogP) is 3.63. The molecule has 0 saturated heterocycles. The third-order valence-corrected chi connectivity index (χ3v) is 4.53. The molecule has 98 valence electrons. The monoisotopic (exact) mass is 335 g/mol. The topological polar surface area (TPSA) is 43.3 Å². The van der Waals surface area contributed by atoms with Crippen LogP contribution in [0.2, 0.25) is 0 Å². The van der Waals surface area contributed by atoms with E-state index in [2.05, 4.69) is 61.9 Å². The average Bonchev–Trinajstić information content (AvgIpc) is 2.92. The molecule has 0 fully saturated rings. The Labute approximate surface area is 124 Å². The highest BCUT2D eigenvalue weighted by molar-refractivity contribution is 9.10. The van der Waals surface area contributed by atoms with Gasteiger partial charge in [0, 0.05) is 22.0 Å². The molecule has 0 unspecified atom stereocenters. The van der Waals surface area contributed by atoms with Crippen LogP contribution in [0.1, 0.15) is 11.4 Å². The van der Waals surface area contributed by atoms with Crippen molar-refractivity contribution in [1.29, 1.82) is 0 Å². The molecular weight excluding hydrogens is 322 g/mol. The summed E-state index contributed by atoms with van der Waals surface area (Å²) in [6, 6.07) is 8.36. The molecule has 0 spiro atoms. The first-order valence-corrected chi connectivity index (χ1v) is 7.79. The number of thiazole rings is 1. The number of nitrogens with zero attached hydrogens (tertiary/aromatic N) is 2. The van der Waals surface area contributed by atoms with Crippen LogP contribution in [-0.2, 0) is 6.42 Å². The second-order valence-electron chi connectivity index (χ2n) is 4.43. The van der Waals surface area contributed by atoms with Crippen LogP contribution in [0.3, 0.4) is 0 Å². The Morgan fingerprint density at radius 2 is 2.05 bits per heavy atom. The standard InChI is InChI=1S/C14H14BrN3S/c1-9-12(6-7-16)18-13(8-19-14(18)17-9)10-2-4-11(15)5-3-10/h2-5,8H,6-7,16H2,1H3. The summed E-state index contributed by atoms with van der Waals surface area (Å²) in [4.78, 5) is 5.65. The molecule has 2 aromatic heterocycles. The Morgan fingerprint density at radius 1 is 1.32 bits per heavy atom. The molecule has 5 heteroatoms. The summed E-state index contributed by atoms with van der Waals surface area (Å²) in [7, 11) is 0. The minimum atomic E-state index is 0.643. The zero-order valence-corrected chi connectivity index (χ0v) is 13.0. The number of hydrogen-bond donors (Lipinski definition) is 1. The SMILES string of the molecule is Cc1nc2scc(-c3ccc(Br)cc3)n2c1CCN. The summed E-state index contributed by atoms with van der Waals surface area (Å²) in [6.07, 6.45) is 0.854. The number of hydrogen-bond acceptors (Lipinski definition) is 3. The fraction of sp³-hybridized carbons (Fsp3) is 0.214. The Kier molecular flexibility index (Phi) is 3.43. The molecule has 3 rings (SSSR count). The quantitative estimate of drug-likeness (QED) is 0.794. The number of rotatable bonds is 3. The van der Waals surface area contributed by atoms with E-state index >= 15 is 0 Å². The fourth-order valence-electron chi connectivity index (χ4n) is 2.27. The van der Waals surface area contributed by atoms with E-state index in [4.69, 9.17) is 5.73 Å². The number of halogens is 1. The van der Waals surface area contributed by atoms with Gasteiger partial charge in [-0.1, -0.05) is 28.1 Å². The van der Waals surface area contributed by atoms with E-state index in [-0.39, 0.29) is 0 Å². The van der Waals surface area contributed by atoms with Gasteiger partial charge in [0.05, 0.1) is 11.4 Å². The second kappa shape index (κ2) is 5.07. The Bertz CT molecular complexity index is 712.